The van der Waals surface area contributed by atoms with Gasteiger partial charge in [0.1, 0.15) is 0 Å². The lowest BCUT2D eigenvalue weighted by Gasteiger charge is -2.30. The molecule has 11 nitrogen and oxygen atoms in total. The first-order valence-electron chi connectivity index (χ1n) is 12.0. The maximum Gasteiger partial charge on any atom is 0.519 e. The molecule has 0 aliphatic rings. The van der Waals surface area contributed by atoms with Crippen molar-refractivity contribution in [2.45, 2.75) is 39.3 Å². The minimum atomic E-state index is -1.37. The Labute approximate surface area is 217 Å². The second-order valence-corrected chi connectivity index (χ2v) is 9.23. The van der Waals surface area contributed by atoms with Crippen molar-refractivity contribution < 1.29 is 28.3 Å². The molecule has 1 unspecified atom stereocenters. The zero-order valence-electron chi connectivity index (χ0n) is 21.0. The van der Waals surface area contributed by atoms with E-state index in [1.165, 1.54) is 13.1 Å². The van der Waals surface area contributed by atoms with Crippen LogP contribution in [-0.2, 0) is 22.6 Å². The molecule has 4 rings (SSSR count). The monoisotopic (exact) mass is 520 g/mol. The first-order valence-corrected chi connectivity index (χ1v) is 12.0. The third-order valence-electron chi connectivity index (χ3n) is 6.23. The van der Waals surface area contributed by atoms with Gasteiger partial charge < -0.3 is 24.0 Å². The van der Waals surface area contributed by atoms with Gasteiger partial charge in [0.25, 0.3) is 5.91 Å². The van der Waals surface area contributed by atoms with Gasteiger partial charge in [-0.05, 0) is 43.4 Å². The number of aliphatic hydroxyl groups is 1. The Balaban J connectivity index is 1.50. The fraction of sp³-hybridized carbons (Fsp3) is 0.296. The smallest absolute Gasteiger partial charge is 0.457 e. The van der Waals surface area contributed by atoms with Gasteiger partial charge in [-0.15, -0.1) is 0 Å². The number of hydrogen-bond acceptors (Lipinski definition) is 9. The Morgan fingerprint density at radius 1 is 1.11 bits per heavy atom. The van der Waals surface area contributed by atoms with Crippen molar-refractivity contribution in [1.82, 2.24) is 20.7 Å². The molecule has 1 amide bonds. The van der Waals surface area contributed by atoms with Crippen LogP contribution in [0.4, 0.5) is 0 Å². The SMILES string of the molecule is Cc1oc(=O)oc1COC(=O)[C@](C)(CO)CC(Cc1ccc(-c2ccccc2)cc1)NC(=O)c1cn[nH]n1. The van der Waals surface area contributed by atoms with Crippen LogP contribution in [0.2, 0.25) is 0 Å². The van der Waals surface area contributed by atoms with Gasteiger partial charge >= 0.3 is 11.8 Å². The fourth-order valence-corrected chi connectivity index (χ4v) is 4.06. The highest BCUT2D eigenvalue weighted by Gasteiger charge is 2.38. The van der Waals surface area contributed by atoms with E-state index >= 15 is 0 Å². The molecule has 38 heavy (non-hydrogen) atoms. The molecule has 4 aromatic rings. The molecule has 0 saturated heterocycles. The number of ether oxygens (including phenoxy) is 1. The summed E-state index contributed by atoms with van der Waals surface area (Å²) in [6.45, 7) is 2.19. The van der Waals surface area contributed by atoms with Crippen LogP contribution in [0, 0.1) is 12.3 Å². The fourth-order valence-electron chi connectivity index (χ4n) is 4.06. The van der Waals surface area contributed by atoms with E-state index in [4.69, 9.17) is 13.6 Å². The van der Waals surface area contributed by atoms with Crippen molar-refractivity contribution >= 4 is 11.9 Å². The number of nitrogens with one attached hydrogen (secondary N) is 2. The van der Waals surface area contributed by atoms with Crippen molar-refractivity contribution in [2.75, 3.05) is 6.61 Å². The van der Waals surface area contributed by atoms with E-state index in [0.717, 1.165) is 16.7 Å². The van der Waals surface area contributed by atoms with Crippen LogP contribution in [0.15, 0.2) is 74.4 Å². The zero-order chi connectivity index (χ0) is 27.1. The molecule has 0 saturated carbocycles. The lowest BCUT2D eigenvalue weighted by Crippen LogP contribution is -2.44. The van der Waals surface area contributed by atoms with Gasteiger partial charge in [0, 0.05) is 6.04 Å². The summed E-state index contributed by atoms with van der Waals surface area (Å²) in [5, 5.41) is 22.9. The average Bonchev–Trinajstić information content (AvgIpc) is 3.57. The largest absolute Gasteiger partial charge is 0.519 e. The summed E-state index contributed by atoms with van der Waals surface area (Å²) in [4.78, 5) is 37.1. The Hall–Kier alpha value is -4.51. The predicted octanol–water partition coefficient (Wildman–Crippen LogP) is 2.80. The standard InChI is InChI=1S/C27H28N4O7/c1-17-23(38-26(35)37-17)15-36-25(34)27(2,16-32)13-21(29-24(33)22-14-28-31-30-22)12-18-8-10-20(11-9-18)19-6-4-3-5-7-19/h3-11,14,21,32H,12-13,15-16H2,1-2H3,(H,29,33)(H,28,30,31)/t21?,27-/m0/s1. The Kier molecular flexibility index (Phi) is 8.17. The van der Waals surface area contributed by atoms with Gasteiger partial charge in [-0.25, -0.2) is 4.79 Å². The molecular formula is C27H28N4O7. The van der Waals surface area contributed by atoms with E-state index < -0.39 is 35.8 Å². The molecule has 0 spiro atoms. The highest BCUT2D eigenvalue weighted by molar-refractivity contribution is 5.92. The van der Waals surface area contributed by atoms with Crippen LogP contribution in [0.25, 0.3) is 11.1 Å². The summed E-state index contributed by atoms with van der Waals surface area (Å²) in [7, 11) is 0. The number of amides is 1. The summed E-state index contributed by atoms with van der Waals surface area (Å²) < 4.78 is 15.0. The van der Waals surface area contributed by atoms with Crippen molar-refractivity contribution in [3.05, 3.63) is 94.2 Å². The molecule has 0 aliphatic carbocycles. The van der Waals surface area contributed by atoms with Gasteiger partial charge in [-0.1, -0.05) is 54.6 Å². The second-order valence-electron chi connectivity index (χ2n) is 9.23. The summed E-state index contributed by atoms with van der Waals surface area (Å²) in [5.41, 5.74) is 1.76. The van der Waals surface area contributed by atoms with Gasteiger partial charge in [0.2, 0.25) is 0 Å². The zero-order valence-corrected chi connectivity index (χ0v) is 21.0. The number of nitrogens with zero attached hydrogens (tertiary/aromatic N) is 2. The van der Waals surface area contributed by atoms with E-state index in [1.54, 1.807) is 6.92 Å². The number of rotatable bonds is 11. The lowest BCUT2D eigenvalue weighted by molar-refractivity contribution is -0.160. The molecule has 0 radical (unpaired) electrons. The van der Waals surface area contributed by atoms with E-state index in [9.17, 15) is 19.5 Å². The first-order chi connectivity index (χ1) is 18.3. The highest BCUT2D eigenvalue weighted by atomic mass is 16.6. The molecule has 0 aliphatic heterocycles. The van der Waals surface area contributed by atoms with Crippen LogP contribution >= 0.6 is 0 Å². The molecule has 2 atom stereocenters. The van der Waals surface area contributed by atoms with Gasteiger partial charge in [-0.3, -0.25) is 9.59 Å². The highest BCUT2D eigenvalue weighted by Crippen LogP contribution is 2.28. The van der Waals surface area contributed by atoms with E-state index in [2.05, 4.69) is 20.7 Å². The molecule has 2 aromatic heterocycles. The van der Waals surface area contributed by atoms with E-state index in [0.29, 0.717) is 6.42 Å². The van der Waals surface area contributed by atoms with E-state index in [-0.39, 0.29) is 30.2 Å². The molecule has 3 N–H and O–H groups in total. The number of H-pyrrole nitrogens is 1. The van der Waals surface area contributed by atoms with Crippen molar-refractivity contribution in [2.24, 2.45) is 5.41 Å². The number of carbonyl (C=O) groups excluding carboxylic acids is 2. The van der Waals surface area contributed by atoms with Crippen LogP contribution < -0.4 is 11.1 Å². The summed E-state index contributed by atoms with van der Waals surface area (Å²) in [6.07, 6.45) is 1.72. The van der Waals surface area contributed by atoms with Crippen molar-refractivity contribution in [3.8, 4) is 11.1 Å². The van der Waals surface area contributed by atoms with Gasteiger partial charge in [-0.2, -0.15) is 15.4 Å². The number of esters is 1. The first kappa shape index (κ1) is 26.6. The second kappa shape index (κ2) is 11.7. The number of aryl methyl sites for hydroxylation is 1. The number of aromatic nitrogens is 3. The van der Waals surface area contributed by atoms with Crippen molar-refractivity contribution in [3.63, 3.8) is 0 Å². The van der Waals surface area contributed by atoms with Gasteiger partial charge in [0.15, 0.2) is 23.8 Å². The average molecular weight is 521 g/mol. The number of carbonyl (C=O) groups is 2. The lowest BCUT2D eigenvalue weighted by atomic mass is 9.82. The number of aromatic amines is 1. The molecule has 198 valence electrons. The van der Waals surface area contributed by atoms with Crippen LogP contribution in [0.3, 0.4) is 0 Å². The maximum absolute atomic E-state index is 13.0. The Bertz CT molecular complexity index is 1410. The third-order valence-corrected chi connectivity index (χ3v) is 6.23. The molecular weight excluding hydrogens is 492 g/mol. The molecule has 2 heterocycles. The quantitative estimate of drug-likeness (QED) is 0.253. The Morgan fingerprint density at radius 2 is 1.82 bits per heavy atom. The van der Waals surface area contributed by atoms with Crippen LogP contribution in [0.5, 0.6) is 0 Å². The predicted molar refractivity (Wildman–Crippen MR) is 135 cm³/mol. The topological polar surface area (TPSA) is 161 Å². The number of hydrogen-bond donors (Lipinski definition) is 3. The number of benzene rings is 2. The van der Waals surface area contributed by atoms with Gasteiger partial charge in [0.05, 0.1) is 18.2 Å². The maximum atomic E-state index is 13.0. The molecule has 0 fully saturated rings. The third kappa shape index (κ3) is 6.43. The van der Waals surface area contributed by atoms with Crippen molar-refractivity contribution in [1.29, 1.82) is 0 Å². The minimum absolute atomic E-state index is 0.0562. The normalized spacial score (nSPS) is 13.4. The van der Waals surface area contributed by atoms with Crippen LogP contribution in [0.1, 0.15) is 40.9 Å². The number of aliphatic hydroxyl groups excluding tert-OH is 1. The summed E-state index contributed by atoms with van der Waals surface area (Å²) in [6, 6.07) is 17.2. The summed E-state index contributed by atoms with van der Waals surface area (Å²) in [5.74, 6) is -1.81. The molecule has 0 bridgehead atoms. The van der Waals surface area contributed by atoms with Crippen LogP contribution in [-0.4, -0.2) is 45.0 Å². The Morgan fingerprint density at radius 3 is 2.42 bits per heavy atom. The van der Waals surface area contributed by atoms with E-state index in [1.807, 2.05) is 54.6 Å². The molecule has 11 heteroatoms. The molecule has 2 aromatic carbocycles. The summed E-state index contributed by atoms with van der Waals surface area (Å²) >= 11 is 0. The minimum Gasteiger partial charge on any atom is -0.457 e.